The van der Waals surface area contributed by atoms with Crippen LogP contribution in [0.4, 0.5) is 13.2 Å². The topological polar surface area (TPSA) is 32.9 Å². The Kier molecular flexibility index (Phi) is 2.22. The number of fused-ring (bicyclic) bond motifs is 1. The maximum atomic E-state index is 13.5. The highest BCUT2D eigenvalue weighted by molar-refractivity contribution is 5.82. The lowest BCUT2D eigenvalue weighted by atomic mass is 10.2. The summed E-state index contributed by atoms with van der Waals surface area (Å²) in [6.07, 6.45) is 0.295. The van der Waals surface area contributed by atoms with E-state index in [0.29, 0.717) is 6.29 Å². The predicted octanol–water partition coefficient (Wildman–Crippen LogP) is 2.33. The van der Waals surface area contributed by atoms with Crippen LogP contribution >= 0.6 is 0 Å². The zero-order valence-corrected chi connectivity index (χ0v) is 7.48. The molecule has 0 fully saturated rings. The van der Waals surface area contributed by atoms with Crippen molar-refractivity contribution < 1.29 is 18.0 Å². The van der Waals surface area contributed by atoms with Crippen LogP contribution in [0.1, 0.15) is 5.69 Å². The van der Waals surface area contributed by atoms with Gasteiger partial charge in [-0.25, -0.2) is 13.2 Å². The second kappa shape index (κ2) is 3.42. The molecule has 0 aliphatic carbocycles. The maximum Gasteiger partial charge on any atom is 0.171 e. The van der Waals surface area contributed by atoms with E-state index in [2.05, 4.69) is 4.98 Å². The van der Waals surface area contributed by atoms with Crippen LogP contribution in [0.15, 0.2) is 12.1 Å². The Balaban J connectivity index is 2.77. The monoisotopic (exact) mass is 213 g/mol. The normalized spacial score (nSPS) is 10.9. The van der Waals surface area contributed by atoms with Gasteiger partial charge < -0.3 is 9.78 Å². The molecule has 0 aliphatic heterocycles. The molecule has 2 aromatic rings. The largest absolute Gasteiger partial charge is 0.355 e. The minimum absolute atomic E-state index is 0.0375. The van der Waals surface area contributed by atoms with Gasteiger partial charge >= 0.3 is 0 Å². The molecule has 1 aromatic heterocycles. The molecule has 78 valence electrons. The molecule has 0 atom stereocenters. The Morgan fingerprint density at radius 2 is 1.93 bits per heavy atom. The van der Waals surface area contributed by atoms with Gasteiger partial charge in [-0.15, -0.1) is 0 Å². The summed E-state index contributed by atoms with van der Waals surface area (Å²) in [5.41, 5.74) is 0.104. The molecule has 0 bridgehead atoms. The molecule has 1 heterocycles. The zero-order valence-electron chi connectivity index (χ0n) is 7.48. The van der Waals surface area contributed by atoms with Crippen LogP contribution in [-0.4, -0.2) is 11.3 Å². The third kappa shape index (κ3) is 1.40. The highest BCUT2D eigenvalue weighted by atomic mass is 19.2. The van der Waals surface area contributed by atoms with Crippen molar-refractivity contribution >= 4 is 17.2 Å². The lowest BCUT2D eigenvalue weighted by Gasteiger charge is -1.93. The number of aromatic amines is 1. The van der Waals surface area contributed by atoms with Gasteiger partial charge in [0.1, 0.15) is 6.29 Å². The molecule has 15 heavy (non-hydrogen) atoms. The molecule has 0 aliphatic rings. The number of rotatable bonds is 2. The van der Waals surface area contributed by atoms with Gasteiger partial charge in [0.25, 0.3) is 0 Å². The molecule has 0 spiro atoms. The number of carbonyl (C=O) groups is 1. The molecular weight excluding hydrogens is 207 g/mol. The van der Waals surface area contributed by atoms with Crippen molar-refractivity contribution in [3.05, 3.63) is 35.3 Å². The average Bonchev–Trinajstić information content (AvgIpc) is 2.52. The van der Waals surface area contributed by atoms with Gasteiger partial charge in [-0.05, 0) is 12.1 Å². The van der Waals surface area contributed by atoms with Crippen molar-refractivity contribution in [1.29, 1.82) is 0 Å². The van der Waals surface area contributed by atoms with E-state index >= 15 is 0 Å². The Labute approximate surface area is 82.7 Å². The molecule has 2 rings (SSSR count). The molecule has 0 amide bonds. The smallest absolute Gasteiger partial charge is 0.171 e. The lowest BCUT2D eigenvalue weighted by molar-refractivity contribution is -0.107. The summed E-state index contributed by atoms with van der Waals surface area (Å²) in [6.45, 7) is 0. The molecule has 1 N–H and O–H groups in total. The second-order valence-electron chi connectivity index (χ2n) is 3.07. The fourth-order valence-corrected chi connectivity index (χ4v) is 1.46. The SMILES string of the molecule is O=CCc1[nH]c2ccc(F)c(F)c2c1F. The number of benzene rings is 1. The van der Waals surface area contributed by atoms with E-state index in [9.17, 15) is 18.0 Å². The highest BCUT2D eigenvalue weighted by Gasteiger charge is 2.17. The third-order valence-electron chi connectivity index (χ3n) is 2.15. The molecular formula is C10H6F3NO. The van der Waals surface area contributed by atoms with E-state index in [1.165, 1.54) is 6.07 Å². The lowest BCUT2D eigenvalue weighted by Crippen LogP contribution is -1.89. The van der Waals surface area contributed by atoms with E-state index in [1.54, 1.807) is 0 Å². The molecule has 5 heteroatoms. The first-order chi connectivity index (χ1) is 7.15. The molecule has 0 saturated carbocycles. The van der Waals surface area contributed by atoms with Gasteiger partial charge in [0.15, 0.2) is 17.5 Å². The van der Waals surface area contributed by atoms with Crippen molar-refractivity contribution in [3.63, 3.8) is 0 Å². The van der Waals surface area contributed by atoms with Crippen LogP contribution < -0.4 is 0 Å². The van der Waals surface area contributed by atoms with Crippen LogP contribution in [0.2, 0.25) is 0 Å². The Morgan fingerprint density at radius 3 is 2.60 bits per heavy atom. The van der Waals surface area contributed by atoms with Gasteiger partial charge in [-0.2, -0.15) is 0 Å². The number of carbonyl (C=O) groups excluding carboxylic acids is 1. The summed E-state index contributed by atoms with van der Waals surface area (Å²) in [6, 6.07) is 2.13. The first-order valence-electron chi connectivity index (χ1n) is 4.23. The van der Waals surface area contributed by atoms with E-state index in [0.717, 1.165) is 6.07 Å². The van der Waals surface area contributed by atoms with E-state index < -0.39 is 22.8 Å². The second-order valence-corrected chi connectivity index (χ2v) is 3.07. The Bertz CT molecular complexity index is 533. The summed E-state index contributed by atoms with van der Waals surface area (Å²) >= 11 is 0. The summed E-state index contributed by atoms with van der Waals surface area (Å²) in [7, 11) is 0. The molecule has 0 saturated heterocycles. The van der Waals surface area contributed by atoms with Gasteiger partial charge in [0.2, 0.25) is 0 Å². The fourth-order valence-electron chi connectivity index (χ4n) is 1.46. The van der Waals surface area contributed by atoms with Crippen LogP contribution in [0.5, 0.6) is 0 Å². The minimum Gasteiger partial charge on any atom is -0.355 e. The highest BCUT2D eigenvalue weighted by Crippen LogP contribution is 2.25. The molecule has 0 unspecified atom stereocenters. The molecule has 1 aromatic carbocycles. The summed E-state index contributed by atoms with van der Waals surface area (Å²) < 4.78 is 39.4. The van der Waals surface area contributed by atoms with Gasteiger partial charge in [0, 0.05) is 6.42 Å². The van der Waals surface area contributed by atoms with Gasteiger partial charge in [-0.1, -0.05) is 0 Å². The first-order valence-corrected chi connectivity index (χ1v) is 4.23. The van der Waals surface area contributed by atoms with Crippen LogP contribution in [-0.2, 0) is 11.2 Å². The summed E-state index contributed by atoms with van der Waals surface area (Å²) in [4.78, 5) is 12.7. The first kappa shape index (κ1) is 9.76. The quantitative estimate of drug-likeness (QED) is 0.763. The number of hydrogen-bond donors (Lipinski definition) is 1. The molecule has 0 radical (unpaired) electrons. The van der Waals surface area contributed by atoms with Gasteiger partial charge in [-0.3, -0.25) is 0 Å². The standard InChI is InChI=1S/C10H6F3NO/c11-5-1-2-6-8(9(5)12)10(13)7(14-6)3-4-15/h1-2,4,14H,3H2. The van der Waals surface area contributed by atoms with Crippen molar-refractivity contribution in [2.75, 3.05) is 0 Å². The number of aldehydes is 1. The van der Waals surface area contributed by atoms with Crippen molar-refractivity contribution in [3.8, 4) is 0 Å². The van der Waals surface area contributed by atoms with E-state index in [1.807, 2.05) is 0 Å². The summed E-state index contributed by atoms with van der Waals surface area (Å²) in [5, 5.41) is -0.438. The van der Waals surface area contributed by atoms with Gasteiger partial charge in [0.05, 0.1) is 16.6 Å². The fraction of sp³-hybridized carbons (Fsp3) is 0.100. The third-order valence-corrected chi connectivity index (χ3v) is 2.15. The van der Waals surface area contributed by atoms with E-state index in [-0.39, 0.29) is 17.6 Å². The van der Waals surface area contributed by atoms with Crippen molar-refractivity contribution in [2.24, 2.45) is 0 Å². The zero-order chi connectivity index (χ0) is 11.0. The van der Waals surface area contributed by atoms with Crippen molar-refractivity contribution in [2.45, 2.75) is 6.42 Å². The Hall–Kier alpha value is -1.78. The minimum atomic E-state index is -1.24. The number of aromatic nitrogens is 1. The number of halogens is 3. The summed E-state index contributed by atoms with van der Waals surface area (Å²) in [5.74, 6) is -3.26. The predicted molar refractivity (Wildman–Crippen MR) is 47.9 cm³/mol. The number of H-pyrrole nitrogens is 1. The maximum absolute atomic E-state index is 13.5. The number of nitrogens with one attached hydrogen (secondary N) is 1. The number of hydrogen-bond acceptors (Lipinski definition) is 1. The Morgan fingerprint density at radius 1 is 1.20 bits per heavy atom. The molecule has 2 nitrogen and oxygen atoms in total. The van der Waals surface area contributed by atoms with Crippen molar-refractivity contribution in [1.82, 2.24) is 4.98 Å². The van der Waals surface area contributed by atoms with Crippen LogP contribution in [0.25, 0.3) is 10.9 Å². The average molecular weight is 213 g/mol. The van der Waals surface area contributed by atoms with Crippen LogP contribution in [0, 0.1) is 17.5 Å². The van der Waals surface area contributed by atoms with Crippen LogP contribution in [0.3, 0.4) is 0 Å². The van der Waals surface area contributed by atoms with E-state index in [4.69, 9.17) is 0 Å².